The van der Waals surface area contributed by atoms with E-state index in [-0.39, 0.29) is 18.0 Å². The number of anilines is 1. The molecule has 0 aliphatic carbocycles. The van der Waals surface area contributed by atoms with Crippen LogP contribution in [0.1, 0.15) is 22.9 Å². The molecule has 3 heterocycles. The standard InChI is InChI=1S/C26H21N3O2S/c1-31-18-11-7-10-17(14-18)28-25(30)22-15-20-19-12-5-6-13-21(19)27-23(20)24(29(22)26(28)32)16-8-3-2-4-9-16/h2-14,22,24,27H,15H2,1H3/t22-,24+/m0/s1. The number of carbonyl (C=O) groups is 1. The van der Waals surface area contributed by atoms with Crippen LogP contribution in [0.3, 0.4) is 0 Å². The number of hydrogen-bond donors (Lipinski definition) is 1. The number of nitrogens with one attached hydrogen (secondary N) is 1. The molecule has 0 unspecified atom stereocenters. The van der Waals surface area contributed by atoms with Crippen molar-refractivity contribution in [3.63, 3.8) is 0 Å². The highest BCUT2D eigenvalue weighted by atomic mass is 32.1. The van der Waals surface area contributed by atoms with Gasteiger partial charge in [-0.3, -0.25) is 9.69 Å². The second kappa shape index (κ2) is 7.21. The third kappa shape index (κ3) is 2.69. The van der Waals surface area contributed by atoms with Crippen molar-refractivity contribution in [3.05, 3.63) is 95.7 Å². The Balaban J connectivity index is 1.53. The number of ether oxygens (including phenoxy) is 1. The van der Waals surface area contributed by atoms with Crippen molar-refractivity contribution in [1.29, 1.82) is 0 Å². The molecule has 1 fully saturated rings. The SMILES string of the molecule is COc1cccc(N2C(=O)[C@@H]3Cc4c([nH]c5ccccc45)[C@@H](c4ccccc4)N3C2=S)c1. The van der Waals surface area contributed by atoms with Crippen molar-refractivity contribution in [1.82, 2.24) is 9.88 Å². The van der Waals surface area contributed by atoms with Crippen LogP contribution in [-0.2, 0) is 11.2 Å². The normalized spacial score (nSPS) is 19.9. The van der Waals surface area contributed by atoms with Gasteiger partial charge in [-0.25, -0.2) is 0 Å². The molecule has 2 aliphatic rings. The van der Waals surface area contributed by atoms with Gasteiger partial charge in [0.15, 0.2) is 5.11 Å². The van der Waals surface area contributed by atoms with E-state index in [9.17, 15) is 4.79 Å². The third-order valence-electron chi connectivity index (χ3n) is 6.48. The number of para-hydroxylation sites is 1. The van der Waals surface area contributed by atoms with Crippen molar-refractivity contribution in [3.8, 4) is 5.75 Å². The molecule has 32 heavy (non-hydrogen) atoms. The maximum atomic E-state index is 13.7. The Hall–Kier alpha value is -3.64. The van der Waals surface area contributed by atoms with Crippen molar-refractivity contribution in [2.45, 2.75) is 18.5 Å². The van der Waals surface area contributed by atoms with Crippen LogP contribution in [0.2, 0.25) is 0 Å². The zero-order valence-electron chi connectivity index (χ0n) is 17.5. The fourth-order valence-electron chi connectivity index (χ4n) is 5.04. The largest absolute Gasteiger partial charge is 0.497 e. The van der Waals surface area contributed by atoms with Crippen molar-refractivity contribution in [2.75, 3.05) is 12.0 Å². The van der Waals surface area contributed by atoms with Gasteiger partial charge in [-0.15, -0.1) is 0 Å². The number of carbonyl (C=O) groups excluding carboxylic acids is 1. The molecule has 1 saturated heterocycles. The Morgan fingerprint density at radius 2 is 1.78 bits per heavy atom. The molecule has 0 bridgehead atoms. The number of H-pyrrole nitrogens is 1. The lowest BCUT2D eigenvalue weighted by Crippen LogP contribution is -2.44. The summed E-state index contributed by atoms with van der Waals surface area (Å²) in [4.78, 5) is 21.1. The van der Waals surface area contributed by atoms with Crippen LogP contribution in [0.25, 0.3) is 10.9 Å². The summed E-state index contributed by atoms with van der Waals surface area (Å²) in [5, 5.41) is 1.69. The van der Waals surface area contributed by atoms with Gasteiger partial charge in [0.05, 0.1) is 18.8 Å². The summed E-state index contributed by atoms with van der Waals surface area (Å²) in [6.07, 6.45) is 0.613. The van der Waals surface area contributed by atoms with Gasteiger partial charge in [0.25, 0.3) is 5.91 Å². The molecule has 4 aromatic rings. The van der Waals surface area contributed by atoms with Crippen LogP contribution in [0.4, 0.5) is 5.69 Å². The number of hydrogen-bond acceptors (Lipinski definition) is 3. The van der Waals surface area contributed by atoms with Crippen LogP contribution in [-0.4, -0.2) is 34.1 Å². The smallest absolute Gasteiger partial charge is 0.256 e. The van der Waals surface area contributed by atoms with Gasteiger partial charge >= 0.3 is 0 Å². The van der Waals surface area contributed by atoms with Gasteiger partial charge in [-0.2, -0.15) is 0 Å². The van der Waals surface area contributed by atoms with E-state index >= 15 is 0 Å². The fraction of sp³-hybridized carbons (Fsp3) is 0.154. The Bertz CT molecular complexity index is 1360. The van der Waals surface area contributed by atoms with Gasteiger partial charge < -0.3 is 14.6 Å². The number of amides is 1. The van der Waals surface area contributed by atoms with E-state index in [1.807, 2.05) is 54.6 Å². The minimum Gasteiger partial charge on any atom is -0.497 e. The molecular weight excluding hydrogens is 418 g/mol. The minimum absolute atomic E-state index is 0.000107. The number of methoxy groups -OCH3 is 1. The molecule has 0 saturated carbocycles. The third-order valence-corrected chi connectivity index (χ3v) is 6.87. The van der Waals surface area contributed by atoms with Crippen LogP contribution in [0, 0.1) is 0 Å². The summed E-state index contributed by atoms with van der Waals surface area (Å²) in [7, 11) is 1.62. The van der Waals surface area contributed by atoms with Gasteiger partial charge in [-0.05, 0) is 41.5 Å². The van der Waals surface area contributed by atoms with Gasteiger partial charge in [0, 0.05) is 29.1 Å². The summed E-state index contributed by atoms with van der Waals surface area (Å²) in [5.74, 6) is 0.693. The Kier molecular flexibility index (Phi) is 4.30. The molecule has 158 valence electrons. The molecule has 5 nitrogen and oxygen atoms in total. The molecule has 1 amide bonds. The van der Waals surface area contributed by atoms with Crippen LogP contribution < -0.4 is 9.64 Å². The van der Waals surface area contributed by atoms with Gasteiger partial charge in [-0.1, -0.05) is 54.6 Å². The van der Waals surface area contributed by atoms with E-state index in [0.717, 1.165) is 22.5 Å². The highest BCUT2D eigenvalue weighted by Crippen LogP contribution is 2.45. The number of thiocarbonyl (C=S) groups is 1. The summed E-state index contributed by atoms with van der Waals surface area (Å²) in [6, 6.07) is 25.5. The number of aromatic amines is 1. The van der Waals surface area contributed by atoms with E-state index in [1.54, 1.807) is 12.0 Å². The van der Waals surface area contributed by atoms with E-state index in [2.05, 4.69) is 34.1 Å². The van der Waals surface area contributed by atoms with E-state index in [0.29, 0.717) is 17.3 Å². The Morgan fingerprint density at radius 1 is 1.00 bits per heavy atom. The number of nitrogens with zero attached hydrogens (tertiary/aromatic N) is 2. The van der Waals surface area contributed by atoms with Crippen molar-refractivity contribution >= 4 is 39.8 Å². The molecule has 2 atom stereocenters. The minimum atomic E-state index is -0.356. The average molecular weight is 440 g/mol. The maximum Gasteiger partial charge on any atom is 0.256 e. The number of benzene rings is 3. The fourth-order valence-corrected chi connectivity index (χ4v) is 5.47. The predicted octanol–water partition coefficient (Wildman–Crippen LogP) is 4.82. The molecule has 0 spiro atoms. The lowest BCUT2D eigenvalue weighted by atomic mass is 9.89. The zero-order valence-corrected chi connectivity index (χ0v) is 18.3. The molecular formula is C26H21N3O2S. The molecule has 1 N–H and O–H groups in total. The lowest BCUT2D eigenvalue weighted by Gasteiger charge is -2.37. The molecule has 0 radical (unpaired) electrons. The molecule has 6 heteroatoms. The average Bonchev–Trinajstić information content (AvgIpc) is 3.33. The second-order valence-corrected chi connectivity index (χ2v) is 8.53. The first-order valence-corrected chi connectivity index (χ1v) is 11.0. The number of rotatable bonds is 3. The van der Waals surface area contributed by atoms with Gasteiger partial charge in [0.1, 0.15) is 11.8 Å². The lowest BCUT2D eigenvalue weighted by molar-refractivity contribution is -0.120. The van der Waals surface area contributed by atoms with Crippen LogP contribution >= 0.6 is 12.2 Å². The number of fused-ring (bicyclic) bond motifs is 4. The first-order chi connectivity index (χ1) is 15.7. The summed E-state index contributed by atoms with van der Waals surface area (Å²) in [6.45, 7) is 0. The van der Waals surface area contributed by atoms with Crippen LogP contribution in [0.15, 0.2) is 78.9 Å². The van der Waals surface area contributed by atoms with E-state index in [1.165, 1.54) is 10.9 Å². The monoisotopic (exact) mass is 439 g/mol. The predicted molar refractivity (Wildman–Crippen MR) is 129 cm³/mol. The quantitative estimate of drug-likeness (QED) is 0.465. The highest BCUT2D eigenvalue weighted by molar-refractivity contribution is 7.80. The molecule has 3 aromatic carbocycles. The first-order valence-electron chi connectivity index (χ1n) is 10.6. The summed E-state index contributed by atoms with van der Waals surface area (Å²) >= 11 is 5.94. The van der Waals surface area contributed by atoms with E-state index in [4.69, 9.17) is 17.0 Å². The zero-order chi connectivity index (χ0) is 21.8. The summed E-state index contributed by atoms with van der Waals surface area (Å²) in [5.41, 5.74) is 5.22. The Labute approximate surface area is 191 Å². The summed E-state index contributed by atoms with van der Waals surface area (Å²) < 4.78 is 5.38. The molecule has 1 aromatic heterocycles. The van der Waals surface area contributed by atoms with Crippen molar-refractivity contribution < 1.29 is 9.53 Å². The van der Waals surface area contributed by atoms with Gasteiger partial charge in [0.2, 0.25) is 0 Å². The topological polar surface area (TPSA) is 48.6 Å². The maximum absolute atomic E-state index is 13.7. The van der Waals surface area contributed by atoms with Crippen molar-refractivity contribution in [2.24, 2.45) is 0 Å². The second-order valence-electron chi connectivity index (χ2n) is 8.16. The van der Waals surface area contributed by atoms with E-state index < -0.39 is 0 Å². The van der Waals surface area contributed by atoms with Crippen LogP contribution in [0.5, 0.6) is 5.75 Å². The first kappa shape index (κ1) is 19.1. The highest BCUT2D eigenvalue weighted by Gasteiger charge is 2.50. The number of aromatic nitrogens is 1. The molecule has 6 rings (SSSR count). The molecule has 2 aliphatic heterocycles. The Morgan fingerprint density at radius 3 is 2.59 bits per heavy atom.